The Hall–Kier alpha value is -0.870. The zero-order chi connectivity index (χ0) is 12.7. The lowest BCUT2D eigenvalue weighted by molar-refractivity contribution is -0.146. The van der Waals surface area contributed by atoms with Gasteiger partial charge in [-0.25, -0.2) is 0 Å². The Bertz CT molecular complexity index is 445. The highest BCUT2D eigenvalue weighted by Gasteiger charge is 2.68. The normalized spacial score (nSPS) is 31.1. The first-order chi connectivity index (χ1) is 7.94. The minimum absolute atomic E-state index is 0.301. The van der Waals surface area contributed by atoms with Crippen LogP contribution in [0, 0.1) is 0 Å². The second-order valence-corrected chi connectivity index (χ2v) is 5.62. The number of carbonyl (C=O) groups excluding carboxylic acids is 1. The van der Waals surface area contributed by atoms with Gasteiger partial charge in [0, 0.05) is 9.89 Å². The zero-order valence-corrected chi connectivity index (χ0v) is 11.6. The van der Waals surface area contributed by atoms with Gasteiger partial charge in [-0.15, -0.1) is 0 Å². The molecule has 2 atom stereocenters. The third-order valence-corrected chi connectivity index (χ3v) is 4.14. The molecule has 92 valence electrons. The van der Waals surface area contributed by atoms with Gasteiger partial charge < -0.3 is 10.5 Å². The molecule has 0 saturated heterocycles. The molecule has 1 fully saturated rings. The van der Waals surface area contributed by atoms with Crippen molar-refractivity contribution < 1.29 is 9.53 Å². The molecule has 17 heavy (non-hydrogen) atoms. The van der Waals surface area contributed by atoms with Crippen molar-refractivity contribution in [3.05, 3.63) is 34.3 Å². The molecule has 3 nitrogen and oxygen atoms in total. The number of esters is 1. The number of rotatable bonds is 3. The fourth-order valence-electron chi connectivity index (χ4n) is 2.25. The Labute approximate surface area is 109 Å². The average Bonchev–Trinajstić information content (AvgIpc) is 2.86. The Kier molecular flexibility index (Phi) is 3.04. The molecule has 0 spiro atoms. The van der Waals surface area contributed by atoms with E-state index in [1.165, 1.54) is 0 Å². The Morgan fingerprint density at radius 1 is 1.47 bits per heavy atom. The number of nitrogens with two attached hydrogens (primary N) is 1. The standard InChI is InChI=1S/C13H16BrNO2/c1-3-17-11(16)13(15)8-12(13,2)9-4-6-10(14)7-5-9/h4-7H,3,8,15H2,1-2H3. The van der Waals surface area contributed by atoms with Gasteiger partial charge in [0.05, 0.1) is 6.61 Å². The van der Waals surface area contributed by atoms with Crippen LogP contribution in [0.1, 0.15) is 25.8 Å². The van der Waals surface area contributed by atoms with E-state index in [1.54, 1.807) is 6.92 Å². The van der Waals surface area contributed by atoms with Crippen LogP contribution in [0.15, 0.2) is 28.7 Å². The van der Waals surface area contributed by atoms with Crippen molar-refractivity contribution in [2.45, 2.75) is 31.2 Å². The lowest BCUT2D eigenvalue weighted by atomic mass is 9.93. The van der Waals surface area contributed by atoms with Crippen LogP contribution in [0.5, 0.6) is 0 Å². The number of hydrogen-bond acceptors (Lipinski definition) is 3. The molecule has 0 bridgehead atoms. The summed E-state index contributed by atoms with van der Waals surface area (Å²) in [5.74, 6) is -0.301. The maximum atomic E-state index is 11.8. The molecule has 0 amide bonds. The molecular weight excluding hydrogens is 282 g/mol. The summed E-state index contributed by atoms with van der Waals surface area (Å²) < 4.78 is 6.05. The van der Waals surface area contributed by atoms with Crippen LogP contribution in [0.4, 0.5) is 0 Å². The second-order valence-electron chi connectivity index (χ2n) is 4.71. The van der Waals surface area contributed by atoms with Crippen molar-refractivity contribution >= 4 is 21.9 Å². The van der Waals surface area contributed by atoms with Gasteiger partial charge in [0.2, 0.25) is 0 Å². The van der Waals surface area contributed by atoms with Crippen LogP contribution in [0.3, 0.4) is 0 Å². The third kappa shape index (κ3) is 1.89. The first-order valence-electron chi connectivity index (χ1n) is 5.66. The van der Waals surface area contributed by atoms with Crippen LogP contribution >= 0.6 is 15.9 Å². The van der Waals surface area contributed by atoms with Crippen molar-refractivity contribution in [1.82, 2.24) is 0 Å². The second kappa shape index (κ2) is 4.10. The van der Waals surface area contributed by atoms with Crippen molar-refractivity contribution in [2.75, 3.05) is 6.61 Å². The van der Waals surface area contributed by atoms with E-state index < -0.39 is 5.54 Å². The number of hydrogen-bond donors (Lipinski definition) is 1. The quantitative estimate of drug-likeness (QED) is 0.872. The van der Waals surface area contributed by atoms with Gasteiger partial charge in [-0.3, -0.25) is 4.79 Å². The van der Waals surface area contributed by atoms with Gasteiger partial charge in [0.15, 0.2) is 0 Å². The summed E-state index contributed by atoms with van der Waals surface area (Å²) in [5, 5.41) is 0. The van der Waals surface area contributed by atoms with E-state index in [-0.39, 0.29) is 11.4 Å². The highest BCUT2D eigenvalue weighted by Crippen LogP contribution is 2.56. The highest BCUT2D eigenvalue weighted by molar-refractivity contribution is 9.10. The van der Waals surface area contributed by atoms with Crippen LogP contribution in [-0.4, -0.2) is 18.1 Å². The van der Waals surface area contributed by atoms with E-state index in [9.17, 15) is 4.79 Å². The molecule has 0 radical (unpaired) electrons. The molecule has 1 aliphatic rings. The third-order valence-electron chi connectivity index (χ3n) is 3.61. The van der Waals surface area contributed by atoms with Crippen molar-refractivity contribution in [3.8, 4) is 0 Å². The van der Waals surface area contributed by atoms with E-state index >= 15 is 0 Å². The molecule has 2 unspecified atom stereocenters. The lowest BCUT2D eigenvalue weighted by Crippen LogP contribution is -2.41. The predicted octanol–water partition coefficient (Wildman–Crippen LogP) is 2.37. The van der Waals surface area contributed by atoms with Crippen molar-refractivity contribution in [1.29, 1.82) is 0 Å². The number of ether oxygens (including phenoxy) is 1. The topological polar surface area (TPSA) is 52.3 Å². The molecule has 0 aliphatic heterocycles. The van der Waals surface area contributed by atoms with Crippen LogP contribution < -0.4 is 5.73 Å². The molecule has 1 aromatic rings. The van der Waals surface area contributed by atoms with E-state index in [2.05, 4.69) is 15.9 Å². The molecule has 2 N–H and O–H groups in total. The summed E-state index contributed by atoms with van der Waals surface area (Å²) in [5.41, 5.74) is 6.05. The molecule has 1 saturated carbocycles. The van der Waals surface area contributed by atoms with E-state index in [0.717, 1.165) is 10.0 Å². The van der Waals surface area contributed by atoms with Gasteiger partial charge in [-0.05, 0) is 31.0 Å². The highest BCUT2D eigenvalue weighted by atomic mass is 79.9. The van der Waals surface area contributed by atoms with E-state index in [0.29, 0.717) is 13.0 Å². The maximum absolute atomic E-state index is 11.8. The lowest BCUT2D eigenvalue weighted by Gasteiger charge is -2.17. The summed E-state index contributed by atoms with van der Waals surface area (Å²) in [6, 6.07) is 7.92. The summed E-state index contributed by atoms with van der Waals surface area (Å²) in [4.78, 5) is 11.8. The summed E-state index contributed by atoms with van der Waals surface area (Å²) >= 11 is 3.39. The average molecular weight is 298 g/mol. The van der Waals surface area contributed by atoms with Gasteiger partial charge in [-0.2, -0.15) is 0 Å². The molecule has 1 aliphatic carbocycles. The Morgan fingerprint density at radius 3 is 2.59 bits per heavy atom. The number of halogens is 1. The van der Waals surface area contributed by atoms with E-state index in [4.69, 9.17) is 10.5 Å². The molecule has 0 aromatic heterocycles. The van der Waals surface area contributed by atoms with Gasteiger partial charge in [0.25, 0.3) is 0 Å². The van der Waals surface area contributed by atoms with Crippen molar-refractivity contribution in [3.63, 3.8) is 0 Å². The Morgan fingerprint density at radius 2 is 2.06 bits per heavy atom. The molecule has 4 heteroatoms. The first-order valence-corrected chi connectivity index (χ1v) is 6.45. The Balaban J connectivity index is 2.24. The summed E-state index contributed by atoms with van der Waals surface area (Å²) in [7, 11) is 0. The van der Waals surface area contributed by atoms with Gasteiger partial charge >= 0.3 is 5.97 Å². The van der Waals surface area contributed by atoms with Crippen molar-refractivity contribution in [2.24, 2.45) is 5.73 Å². The molecular formula is C13H16BrNO2. The monoisotopic (exact) mass is 297 g/mol. The SMILES string of the molecule is CCOC(=O)C1(N)CC1(C)c1ccc(Br)cc1. The molecule has 0 heterocycles. The van der Waals surface area contributed by atoms with Gasteiger partial charge in [0.1, 0.15) is 5.54 Å². The number of carbonyl (C=O) groups is 1. The largest absolute Gasteiger partial charge is 0.465 e. The van der Waals surface area contributed by atoms with Gasteiger partial charge in [-0.1, -0.05) is 35.0 Å². The minimum atomic E-state index is -0.864. The fraction of sp³-hybridized carbons (Fsp3) is 0.462. The summed E-state index contributed by atoms with van der Waals surface area (Å²) in [6.07, 6.45) is 0.639. The molecule has 2 rings (SSSR count). The fourth-order valence-corrected chi connectivity index (χ4v) is 2.51. The first kappa shape index (κ1) is 12.6. The van der Waals surface area contributed by atoms with Crippen LogP contribution in [-0.2, 0) is 14.9 Å². The van der Waals surface area contributed by atoms with Crippen LogP contribution in [0.2, 0.25) is 0 Å². The summed E-state index contributed by atoms with van der Waals surface area (Å²) in [6.45, 7) is 4.17. The van der Waals surface area contributed by atoms with Crippen LogP contribution in [0.25, 0.3) is 0 Å². The number of benzene rings is 1. The predicted molar refractivity (Wildman–Crippen MR) is 69.7 cm³/mol. The minimum Gasteiger partial charge on any atom is -0.465 e. The molecule has 1 aromatic carbocycles. The van der Waals surface area contributed by atoms with E-state index in [1.807, 2.05) is 31.2 Å². The smallest absolute Gasteiger partial charge is 0.327 e. The zero-order valence-electron chi connectivity index (χ0n) is 10.00. The maximum Gasteiger partial charge on any atom is 0.327 e.